The lowest BCUT2D eigenvalue weighted by Gasteiger charge is -2.13. The van der Waals surface area contributed by atoms with Crippen molar-refractivity contribution in [3.05, 3.63) is 34.9 Å². The maximum Gasteiger partial charge on any atom is 0.411 e. The largest absolute Gasteiger partial charge is 0.411 e. The molecule has 1 N–H and O–H groups in total. The van der Waals surface area contributed by atoms with E-state index in [9.17, 15) is 18.3 Å². The Bertz CT molecular complexity index is 341. The van der Waals surface area contributed by atoms with Crippen LogP contribution in [0.1, 0.15) is 11.7 Å². The van der Waals surface area contributed by atoms with E-state index in [1.165, 1.54) is 6.07 Å². The van der Waals surface area contributed by atoms with Gasteiger partial charge in [-0.25, -0.2) is 0 Å². The summed E-state index contributed by atoms with van der Waals surface area (Å²) in [6, 6.07) is 6.25. The van der Waals surface area contributed by atoms with Crippen LogP contribution in [0.5, 0.6) is 0 Å². The Balaban J connectivity index is 2.44. The normalized spacial score (nSPS) is 13.8. The summed E-state index contributed by atoms with van der Waals surface area (Å²) >= 11 is 5.66. The Hall–Kier alpha value is -0.780. The molecule has 0 saturated heterocycles. The van der Waals surface area contributed by atoms with Crippen LogP contribution in [0.4, 0.5) is 13.2 Å². The Kier molecular flexibility index (Phi) is 4.58. The van der Waals surface area contributed by atoms with Gasteiger partial charge in [0.2, 0.25) is 0 Å². The molecule has 0 aliphatic rings. The van der Waals surface area contributed by atoms with E-state index in [1.807, 2.05) is 0 Å². The monoisotopic (exact) mass is 254 g/mol. The first kappa shape index (κ1) is 13.3. The van der Waals surface area contributed by atoms with Crippen LogP contribution in [-0.4, -0.2) is 24.5 Å². The van der Waals surface area contributed by atoms with E-state index in [0.717, 1.165) is 0 Å². The molecule has 0 aliphatic heterocycles. The highest BCUT2D eigenvalue weighted by atomic mass is 35.5. The smallest absolute Gasteiger partial charge is 0.386 e. The molecule has 0 saturated carbocycles. The molecule has 0 amide bonds. The van der Waals surface area contributed by atoms with E-state index in [2.05, 4.69) is 4.74 Å². The van der Waals surface area contributed by atoms with Gasteiger partial charge in [0, 0.05) is 5.02 Å². The number of alkyl halides is 3. The van der Waals surface area contributed by atoms with Crippen molar-refractivity contribution in [2.45, 2.75) is 12.3 Å². The zero-order chi connectivity index (χ0) is 12.2. The van der Waals surface area contributed by atoms with Crippen molar-refractivity contribution in [1.82, 2.24) is 0 Å². The van der Waals surface area contributed by atoms with Gasteiger partial charge in [0.25, 0.3) is 0 Å². The minimum atomic E-state index is -4.38. The molecule has 16 heavy (non-hydrogen) atoms. The molecule has 0 radical (unpaired) electrons. The average molecular weight is 255 g/mol. The lowest BCUT2D eigenvalue weighted by Crippen LogP contribution is -2.19. The van der Waals surface area contributed by atoms with Crippen LogP contribution < -0.4 is 0 Å². The van der Waals surface area contributed by atoms with Gasteiger partial charge in [-0.1, -0.05) is 23.7 Å². The van der Waals surface area contributed by atoms with Gasteiger partial charge in [-0.2, -0.15) is 13.2 Å². The molecule has 0 aliphatic carbocycles. The maximum atomic E-state index is 11.7. The number of hydrogen-bond acceptors (Lipinski definition) is 2. The lowest BCUT2D eigenvalue weighted by molar-refractivity contribution is -0.179. The third-order valence-electron chi connectivity index (χ3n) is 1.77. The molecule has 90 valence electrons. The van der Waals surface area contributed by atoms with Crippen LogP contribution in [0.2, 0.25) is 5.02 Å². The van der Waals surface area contributed by atoms with Crippen LogP contribution in [-0.2, 0) is 4.74 Å². The molecule has 1 unspecified atom stereocenters. The summed E-state index contributed by atoms with van der Waals surface area (Å²) in [6.45, 7) is -1.79. The van der Waals surface area contributed by atoms with Crippen LogP contribution in [0, 0.1) is 0 Å². The molecular weight excluding hydrogens is 245 g/mol. The SMILES string of the molecule is OC(COCC(F)(F)F)c1cccc(Cl)c1. The van der Waals surface area contributed by atoms with E-state index < -0.39 is 25.5 Å². The third-order valence-corrected chi connectivity index (χ3v) is 2.01. The Labute approximate surface area is 95.6 Å². The van der Waals surface area contributed by atoms with E-state index >= 15 is 0 Å². The number of hydrogen-bond donors (Lipinski definition) is 1. The van der Waals surface area contributed by atoms with Crippen LogP contribution in [0.25, 0.3) is 0 Å². The Morgan fingerprint density at radius 2 is 2.06 bits per heavy atom. The van der Waals surface area contributed by atoms with Crippen molar-refractivity contribution in [3.63, 3.8) is 0 Å². The van der Waals surface area contributed by atoms with E-state index in [1.54, 1.807) is 18.2 Å². The topological polar surface area (TPSA) is 29.5 Å². The highest BCUT2D eigenvalue weighted by molar-refractivity contribution is 6.30. The maximum absolute atomic E-state index is 11.7. The summed E-state index contributed by atoms with van der Waals surface area (Å²) in [5.74, 6) is 0. The number of rotatable bonds is 4. The first-order valence-corrected chi connectivity index (χ1v) is 4.84. The van der Waals surface area contributed by atoms with Gasteiger partial charge in [-0.15, -0.1) is 0 Å². The van der Waals surface area contributed by atoms with Gasteiger partial charge in [0.15, 0.2) is 0 Å². The fraction of sp³-hybridized carbons (Fsp3) is 0.400. The first-order chi connectivity index (χ1) is 7.38. The summed E-state index contributed by atoms with van der Waals surface area (Å²) in [4.78, 5) is 0. The molecule has 0 heterocycles. The van der Waals surface area contributed by atoms with Crippen molar-refractivity contribution in [2.75, 3.05) is 13.2 Å². The van der Waals surface area contributed by atoms with Gasteiger partial charge in [-0.05, 0) is 17.7 Å². The molecule has 1 aromatic carbocycles. The minimum Gasteiger partial charge on any atom is -0.386 e. The molecule has 1 atom stereocenters. The summed E-state index contributed by atoms with van der Waals surface area (Å²) in [5.41, 5.74) is 0.426. The summed E-state index contributed by atoms with van der Waals surface area (Å²) < 4.78 is 39.6. The summed E-state index contributed by atoms with van der Waals surface area (Å²) in [5, 5.41) is 9.90. The van der Waals surface area contributed by atoms with Crippen LogP contribution >= 0.6 is 11.6 Å². The van der Waals surface area contributed by atoms with Gasteiger partial charge in [0.1, 0.15) is 12.7 Å². The number of benzene rings is 1. The number of aliphatic hydroxyl groups excluding tert-OH is 1. The number of halogens is 4. The second kappa shape index (κ2) is 5.52. The van der Waals surface area contributed by atoms with E-state index in [0.29, 0.717) is 10.6 Å². The predicted octanol–water partition coefficient (Wildman–Crippen LogP) is 2.95. The van der Waals surface area contributed by atoms with Gasteiger partial charge in [0.05, 0.1) is 6.61 Å². The molecule has 0 aromatic heterocycles. The number of ether oxygens (including phenoxy) is 1. The highest BCUT2D eigenvalue weighted by Gasteiger charge is 2.27. The minimum absolute atomic E-state index is 0.410. The van der Waals surface area contributed by atoms with Crippen molar-refractivity contribution in [2.24, 2.45) is 0 Å². The van der Waals surface area contributed by atoms with Crippen molar-refractivity contribution < 1.29 is 23.0 Å². The van der Waals surface area contributed by atoms with Crippen LogP contribution in [0.3, 0.4) is 0 Å². The van der Waals surface area contributed by atoms with E-state index in [-0.39, 0.29) is 0 Å². The third kappa shape index (κ3) is 4.83. The molecule has 6 heteroatoms. The zero-order valence-corrected chi connectivity index (χ0v) is 8.92. The van der Waals surface area contributed by atoms with E-state index in [4.69, 9.17) is 11.6 Å². The van der Waals surface area contributed by atoms with Gasteiger partial charge in [-0.3, -0.25) is 0 Å². The van der Waals surface area contributed by atoms with Crippen LogP contribution in [0.15, 0.2) is 24.3 Å². The molecule has 0 spiro atoms. The van der Waals surface area contributed by atoms with Gasteiger partial charge < -0.3 is 9.84 Å². The second-order valence-electron chi connectivity index (χ2n) is 3.20. The van der Waals surface area contributed by atoms with Crippen molar-refractivity contribution in [1.29, 1.82) is 0 Å². The molecular formula is C10H10ClF3O2. The zero-order valence-electron chi connectivity index (χ0n) is 8.17. The summed E-state index contributed by atoms with van der Waals surface area (Å²) in [6.07, 6.45) is -5.49. The first-order valence-electron chi connectivity index (χ1n) is 4.46. The van der Waals surface area contributed by atoms with Crippen molar-refractivity contribution >= 4 is 11.6 Å². The molecule has 1 aromatic rings. The molecule has 1 rings (SSSR count). The fourth-order valence-electron chi connectivity index (χ4n) is 1.10. The quantitative estimate of drug-likeness (QED) is 0.895. The van der Waals surface area contributed by atoms with Crippen molar-refractivity contribution in [3.8, 4) is 0 Å². The highest BCUT2D eigenvalue weighted by Crippen LogP contribution is 2.19. The summed E-state index contributed by atoms with van der Waals surface area (Å²) in [7, 11) is 0. The average Bonchev–Trinajstić information content (AvgIpc) is 2.15. The fourth-order valence-corrected chi connectivity index (χ4v) is 1.30. The van der Waals surface area contributed by atoms with Gasteiger partial charge >= 0.3 is 6.18 Å². The standard InChI is InChI=1S/C10H10ClF3O2/c11-8-3-1-2-7(4-8)9(15)5-16-6-10(12,13)14/h1-4,9,15H,5-6H2. The predicted molar refractivity (Wildman–Crippen MR) is 53.3 cm³/mol. The molecule has 0 fully saturated rings. The molecule has 2 nitrogen and oxygen atoms in total. The second-order valence-corrected chi connectivity index (χ2v) is 3.64. The Morgan fingerprint density at radius 1 is 1.38 bits per heavy atom. The molecule has 0 bridgehead atoms. The lowest BCUT2D eigenvalue weighted by atomic mass is 10.1. The Morgan fingerprint density at radius 3 is 2.62 bits per heavy atom. The number of aliphatic hydroxyl groups is 1.